The Morgan fingerprint density at radius 3 is 2.18 bits per heavy atom. The van der Waals surface area contributed by atoms with Crippen LogP contribution in [0, 0.1) is 5.41 Å². The number of rotatable bonds is 32. The van der Waals surface area contributed by atoms with Gasteiger partial charge in [-0.15, -0.1) is 0 Å². The van der Waals surface area contributed by atoms with Crippen LogP contribution in [0.1, 0.15) is 116 Å². The molecule has 0 spiro atoms. The van der Waals surface area contributed by atoms with Crippen LogP contribution in [0.3, 0.4) is 0 Å². The third kappa shape index (κ3) is 20.2. The Balaban J connectivity index is 1.41. The van der Waals surface area contributed by atoms with Crippen LogP contribution >= 0.6 is 0 Å². The van der Waals surface area contributed by atoms with Crippen LogP contribution in [0.15, 0.2) is 91.5 Å². The van der Waals surface area contributed by atoms with Gasteiger partial charge in [-0.1, -0.05) is 80.9 Å². The summed E-state index contributed by atoms with van der Waals surface area (Å²) in [6.07, 6.45) is 2.94. The number of phenols is 1. The molecule has 4 aromatic rings. The van der Waals surface area contributed by atoms with Crippen molar-refractivity contribution in [1.29, 1.82) is 0 Å². The lowest BCUT2D eigenvalue weighted by molar-refractivity contribution is -0.165. The summed E-state index contributed by atoms with van der Waals surface area (Å²) in [4.78, 5) is 130. The molecule has 5 atom stereocenters. The molecule has 89 heavy (non-hydrogen) atoms. The molecule has 1 saturated heterocycles. The largest absolute Gasteiger partial charge is 0.504 e. The minimum Gasteiger partial charge on any atom is -0.504 e. The summed E-state index contributed by atoms with van der Waals surface area (Å²) in [6.45, 7) is 14.5. The quantitative estimate of drug-likeness (QED) is 0.0256. The van der Waals surface area contributed by atoms with Gasteiger partial charge in [-0.3, -0.25) is 33.6 Å². The van der Waals surface area contributed by atoms with E-state index < -0.39 is 102 Å². The fraction of sp³-hybridized carbons (Fsp3) is 0.507. The fourth-order valence-corrected chi connectivity index (χ4v) is 10.0. The smallest absolute Gasteiger partial charge is 0.330 e. The Hall–Kier alpha value is -8.53. The van der Waals surface area contributed by atoms with Crippen molar-refractivity contribution in [3.05, 3.63) is 108 Å². The van der Waals surface area contributed by atoms with E-state index in [0.29, 0.717) is 48.9 Å². The van der Waals surface area contributed by atoms with E-state index in [1.807, 2.05) is 49.4 Å². The summed E-state index contributed by atoms with van der Waals surface area (Å²) in [5.41, 5.74) is -0.402. The van der Waals surface area contributed by atoms with Crippen LogP contribution in [-0.2, 0) is 70.2 Å². The number of unbranched alkanes of at least 4 members (excludes halogenated alkanes) is 1. The highest BCUT2D eigenvalue weighted by Crippen LogP contribution is 2.39. The van der Waals surface area contributed by atoms with Gasteiger partial charge in [0.15, 0.2) is 18.1 Å². The van der Waals surface area contributed by atoms with E-state index in [1.165, 1.54) is 67.8 Å². The number of nitrogens with zero attached hydrogens (tertiary/aromatic N) is 4. The minimum absolute atomic E-state index is 0.00429. The molecule has 0 aliphatic carbocycles. The van der Waals surface area contributed by atoms with Gasteiger partial charge in [0.25, 0.3) is 11.8 Å². The maximum absolute atomic E-state index is 15.0. The fourth-order valence-electron chi connectivity index (χ4n) is 10.0. The van der Waals surface area contributed by atoms with Gasteiger partial charge in [-0.25, -0.2) is 9.59 Å². The Morgan fingerprint density at radius 2 is 1.52 bits per heavy atom. The highest BCUT2D eigenvalue weighted by Gasteiger charge is 2.43. The van der Waals surface area contributed by atoms with Crippen LogP contribution in [0.25, 0.3) is 10.8 Å². The predicted octanol–water partition coefficient (Wildman–Crippen LogP) is 6.85. The molecule has 1 aliphatic heterocycles. The first-order valence-corrected chi connectivity index (χ1v) is 30.1. The second-order valence-electron chi connectivity index (χ2n) is 23.8. The molecule has 1 aliphatic rings. The number of Topliss-reactive ketones (excluding diaryl/α,β-unsaturated/α-hetero) is 1. The van der Waals surface area contributed by atoms with Crippen LogP contribution in [0.5, 0.6) is 23.0 Å². The first-order chi connectivity index (χ1) is 42.2. The molecule has 0 unspecified atom stereocenters. The summed E-state index contributed by atoms with van der Waals surface area (Å²) >= 11 is 0. The average molecular weight is 1240 g/mol. The van der Waals surface area contributed by atoms with Gasteiger partial charge in [0, 0.05) is 46.7 Å². The van der Waals surface area contributed by atoms with Crippen molar-refractivity contribution in [2.75, 3.05) is 74.8 Å². The number of fused-ring (bicyclic) bond motifs is 1. The van der Waals surface area contributed by atoms with E-state index in [4.69, 9.17) is 28.4 Å². The van der Waals surface area contributed by atoms with Gasteiger partial charge in [-0.05, 0) is 132 Å². The number of nitrogens with one attached hydrogen (secondary N) is 2. The number of ether oxygens (including phenoxy) is 6. The lowest BCUT2D eigenvalue weighted by Gasteiger charge is -2.36. The van der Waals surface area contributed by atoms with Gasteiger partial charge in [-0.2, -0.15) is 0 Å². The first kappa shape index (κ1) is 71.2. The SMILES string of the molecule is C=CC(=O)OCC(C)(C)C(=O)C(=O)N1CCCC[C@H]1C(=O)O[C@H](CCc1cc(O)c(OC)c(OC)c1)c1cccc(OCC(=O)N(C)[C@@H](CCCC)C(=O)N[C@@H](Cc2ccc3ccccc3c2)C(=O)N(C)[C@@H](COC(C)(C)C)C(=O)NCC(=O)N(C)CC)c1. The number of hydrogen-bond donors (Lipinski definition) is 3. The van der Waals surface area contributed by atoms with Crippen molar-refractivity contribution in [2.45, 2.75) is 142 Å². The molecule has 22 heteroatoms. The second kappa shape index (κ2) is 33.2. The number of amides is 6. The molecule has 484 valence electrons. The van der Waals surface area contributed by atoms with E-state index >= 15 is 0 Å². The number of aromatic hydroxyl groups is 1. The molecule has 22 nitrogen and oxygen atoms in total. The summed E-state index contributed by atoms with van der Waals surface area (Å²) in [6, 6.07) is 18.4. The highest BCUT2D eigenvalue weighted by molar-refractivity contribution is 6.38. The summed E-state index contributed by atoms with van der Waals surface area (Å²) in [7, 11) is 7.35. The summed E-state index contributed by atoms with van der Waals surface area (Å²) in [5.74, 6) is -5.73. The Morgan fingerprint density at radius 1 is 0.798 bits per heavy atom. The maximum Gasteiger partial charge on any atom is 0.330 e. The van der Waals surface area contributed by atoms with Gasteiger partial charge in [0.1, 0.15) is 42.6 Å². The van der Waals surface area contributed by atoms with Crippen molar-refractivity contribution >= 4 is 63.9 Å². The molecule has 6 amide bonds. The van der Waals surface area contributed by atoms with Crippen LogP contribution in [0.4, 0.5) is 0 Å². The van der Waals surface area contributed by atoms with Crippen LogP contribution in [-0.4, -0.2) is 182 Å². The Labute approximate surface area is 522 Å². The average Bonchev–Trinajstić information content (AvgIpc) is 2.20. The molecule has 0 aromatic heterocycles. The number of esters is 2. The van der Waals surface area contributed by atoms with E-state index in [0.717, 1.165) is 16.8 Å². The standard InChI is InChI=1S/C67H90N6O16/c1-14-17-27-50(62(80)69-49(35-43-29-31-45-23-18-19-24-46(45)34-43)63(81)72(11)52(40-88-66(4,5)6)61(79)68-39-56(75)70(9)16-3)71(10)57(76)41-86-48-26-22-25-47(38-48)54(32-30-44-36-53(74)59(85-13)55(37-44)84-12)89-65(83)51-28-20-21-33-73(51)64(82)60(78)67(7,8)42-87-58(77)15-2/h15,18-19,22-26,29,31,34,36-38,49-52,54,74H,2,14,16-17,20-21,27-28,30,32-33,35,39-42H2,1,3-13H3,(H,68,79)(H,69,80)/t49-,50-,51-,52-,54+/m0/s1. The summed E-state index contributed by atoms with van der Waals surface area (Å²) < 4.78 is 34.4. The van der Waals surface area contributed by atoms with Crippen LogP contribution in [0.2, 0.25) is 0 Å². The van der Waals surface area contributed by atoms with Crippen molar-refractivity contribution < 1.29 is 76.7 Å². The summed E-state index contributed by atoms with van der Waals surface area (Å²) in [5, 5.41) is 18.3. The molecule has 5 rings (SSSR count). The number of likely N-dealkylation sites (tertiary alicyclic amines) is 1. The molecule has 3 N–H and O–H groups in total. The molecular formula is C67H90N6O16. The number of hydrogen-bond acceptors (Lipinski definition) is 16. The van der Waals surface area contributed by atoms with Gasteiger partial charge < -0.3 is 63.8 Å². The zero-order valence-corrected chi connectivity index (χ0v) is 53.6. The molecule has 0 saturated carbocycles. The number of benzene rings is 4. The number of methoxy groups -OCH3 is 2. The minimum atomic E-state index is -1.43. The normalized spacial score (nSPS) is 14.6. The van der Waals surface area contributed by atoms with Crippen molar-refractivity contribution in [1.82, 2.24) is 30.2 Å². The monoisotopic (exact) mass is 1230 g/mol. The van der Waals surface area contributed by atoms with Crippen LogP contribution < -0.4 is 24.8 Å². The number of likely N-dealkylation sites (N-methyl/N-ethyl adjacent to an activating group) is 3. The van der Waals surface area contributed by atoms with E-state index in [2.05, 4.69) is 17.2 Å². The molecule has 0 bridgehead atoms. The third-order valence-electron chi connectivity index (χ3n) is 15.6. The predicted molar refractivity (Wildman–Crippen MR) is 334 cm³/mol. The number of phenolic OH excluding ortho intramolecular Hbond substituents is 1. The van der Waals surface area contributed by atoms with Gasteiger partial charge >= 0.3 is 11.9 Å². The Bertz CT molecular complexity index is 3160. The van der Waals surface area contributed by atoms with Crippen molar-refractivity contribution in [3.8, 4) is 23.0 Å². The lowest BCUT2D eigenvalue weighted by Crippen LogP contribution is -2.59. The number of ketones is 1. The highest BCUT2D eigenvalue weighted by atomic mass is 16.5. The first-order valence-electron chi connectivity index (χ1n) is 30.1. The van der Waals surface area contributed by atoms with Gasteiger partial charge in [0.05, 0.1) is 38.4 Å². The second-order valence-corrected chi connectivity index (χ2v) is 23.8. The number of carbonyl (C=O) groups excluding carboxylic acids is 9. The van der Waals surface area contributed by atoms with Crippen molar-refractivity contribution in [3.63, 3.8) is 0 Å². The molecular weight excluding hydrogens is 1140 g/mol. The zero-order chi connectivity index (χ0) is 65.8. The Kier molecular flexibility index (Phi) is 26.5. The van der Waals surface area contributed by atoms with Gasteiger partial charge in [0.2, 0.25) is 35.2 Å². The maximum atomic E-state index is 15.0. The molecule has 4 aromatic carbocycles. The van der Waals surface area contributed by atoms with Crippen molar-refractivity contribution in [2.24, 2.45) is 5.41 Å². The molecule has 0 radical (unpaired) electrons. The number of aryl methyl sites for hydroxylation is 1. The third-order valence-corrected chi connectivity index (χ3v) is 15.6. The van der Waals surface area contributed by atoms with E-state index in [1.54, 1.807) is 65.1 Å². The lowest BCUT2D eigenvalue weighted by atomic mass is 9.87. The van der Waals surface area contributed by atoms with E-state index in [9.17, 15) is 48.3 Å². The number of piperidine rings is 1. The molecule has 1 fully saturated rings. The number of carbonyl (C=O) groups is 9. The topological polar surface area (TPSA) is 266 Å². The van der Waals surface area contributed by atoms with E-state index in [-0.39, 0.29) is 80.7 Å². The molecule has 1 heterocycles. The zero-order valence-electron chi connectivity index (χ0n) is 53.6.